The number of hydroxylamine groups is 1. The number of hydrogen-bond donors (Lipinski definition) is 0. The van der Waals surface area contributed by atoms with Crippen molar-refractivity contribution in [3.8, 4) is 0 Å². The van der Waals surface area contributed by atoms with Gasteiger partial charge in [0.15, 0.2) is 6.21 Å². The lowest BCUT2D eigenvalue weighted by Crippen LogP contribution is -2.42. The predicted octanol–water partition coefficient (Wildman–Crippen LogP) is 2.20. The highest BCUT2D eigenvalue weighted by Gasteiger charge is 2.39. The van der Waals surface area contributed by atoms with E-state index < -0.39 is 12.1 Å². The molecule has 1 aromatic rings. The van der Waals surface area contributed by atoms with Crippen LogP contribution in [0.5, 0.6) is 0 Å². The second kappa shape index (κ2) is 5.62. The van der Waals surface area contributed by atoms with Gasteiger partial charge in [0.2, 0.25) is 6.04 Å². The molecule has 0 bridgehead atoms. The SMILES string of the molecule is O=[N+]([O-])C1CCCCC1/[N+]([O-])=C/c1ccccc1. The van der Waals surface area contributed by atoms with E-state index in [9.17, 15) is 15.3 Å². The van der Waals surface area contributed by atoms with E-state index in [1.165, 1.54) is 6.21 Å². The van der Waals surface area contributed by atoms with Crippen molar-refractivity contribution in [3.05, 3.63) is 51.2 Å². The number of hydrogen-bond acceptors (Lipinski definition) is 3. The normalized spacial score (nSPS) is 24.8. The van der Waals surface area contributed by atoms with Crippen LogP contribution < -0.4 is 0 Å². The van der Waals surface area contributed by atoms with Crippen molar-refractivity contribution < 1.29 is 9.66 Å². The summed E-state index contributed by atoms with van der Waals surface area (Å²) < 4.78 is 0.766. The van der Waals surface area contributed by atoms with Gasteiger partial charge in [-0.05, 0) is 25.0 Å². The van der Waals surface area contributed by atoms with Crippen LogP contribution in [0.15, 0.2) is 30.3 Å². The van der Waals surface area contributed by atoms with Gasteiger partial charge in [-0.3, -0.25) is 10.1 Å². The summed E-state index contributed by atoms with van der Waals surface area (Å²) in [7, 11) is 0. The third kappa shape index (κ3) is 2.85. The van der Waals surface area contributed by atoms with Crippen LogP contribution in [0.2, 0.25) is 0 Å². The zero-order chi connectivity index (χ0) is 13.0. The molecule has 0 aromatic heterocycles. The Labute approximate surface area is 105 Å². The zero-order valence-corrected chi connectivity index (χ0v) is 10.1. The van der Waals surface area contributed by atoms with Crippen molar-refractivity contribution in [2.75, 3.05) is 0 Å². The van der Waals surface area contributed by atoms with Gasteiger partial charge in [0.1, 0.15) is 0 Å². The predicted molar refractivity (Wildman–Crippen MR) is 68.3 cm³/mol. The molecule has 2 rings (SSSR count). The number of rotatable bonds is 3. The van der Waals surface area contributed by atoms with E-state index in [1.54, 1.807) is 0 Å². The second-order valence-corrected chi connectivity index (χ2v) is 4.60. The standard InChI is InChI=1S/C13H16N2O3/c16-14(10-11-6-2-1-3-7-11)12-8-4-5-9-13(12)15(17)18/h1-3,6-7,10,12-13H,4-5,8-9H2/b14-10-. The molecule has 0 heterocycles. The fourth-order valence-electron chi connectivity index (χ4n) is 2.42. The molecule has 96 valence electrons. The molecule has 0 spiro atoms. The molecule has 2 unspecified atom stereocenters. The van der Waals surface area contributed by atoms with Crippen LogP contribution in [0, 0.1) is 15.3 Å². The van der Waals surface area contributed by atoms with Gasteiger partial charge in [0, 0.05) is 23.3 Å². The van der Waals surface area contributed by atoms with Crippen molar-refractivity contribution in [1.82, 2.24) is 0 Å². The van der Waals surface area contributed by atoms with E-state index >= 15 is 0 Å². The van der Waals surface area contributed by atoms with E-state index in [-0.39, 0.29) is 4.92 Å². The molecule has 0 amide bonds. The molecule has 2 atom stereocenters. The maximum atomic E-state index is 12.0. The summed E-state index contributed by atoms with van der Waals surface area (Å²) in [6.45, 7) is 0. The molecule has 5 heteroatoms. The maximum Gasteiger partial charge on any atom is 0.274 e. The second-order valence-electron chi connectivity index (χ2n) is 4.60. The van der Waals surface area contributed by atoms with Crippen LogP contribution in [0.3, 0.4) is 0 Å². The summed E-state index contributed by atoms with van der Waals surface area (Å²) in [6.07, 6.45) is 4.27. The molecule has 1 saturated carbocycles. The highest BCUT2D eigenvalue weighted by atomic mass is 16.6. The van der Waals surface area contributed by atoms with Crippen LogP contribution in [0.25, 0.3) is 0 Å². The summed E-state index contributed by atoms with van der Waals surface area (Å²) in [6, 6.07) is 7.90. The quantitative estimate of drug-likeness (QED) is 0.271. The Kier molecular flexibility index (Phi) is 3.92. The molecule has 1 fully saturated rings. The lowest BCUT2D eigenvalue weighted by atomic mass is 9.91. The van der Waals surface area contributed by atoms with E-state index in [0.29, 0.717) is 12.8 Å². The minimum Gasteiger partial charge on any atom is -0.623 e. The molecular weight excluding hydrogens is 232 g/mol. The van der Waals surface area contributed by atoms with Gasteiger partial charge in [-0.15, -0.1) is 0 Å². The Bertz CT molecular complexity index is 445. The summed E-state index contributed by atoms with van der Waals surface area (Å²) in [4.78, 5) is 10.6. The smallest absolute Gasteiger partial charge is 0.274 e. The van der Waals surface area contributed by atoms with Crippen LogP contribution in [-0.4, -0.2) is 28.0 Å². The molecule has 1 aliphatic carbocycles. The molecule has 1 aliphatic rings. The van der Waals surface area contributed by atoms with Gasteiger partial charge >= 0.3 is 0 Å². The average molecular weight is 248 g/mol. The molecule has 0 aliphatic heterocycles. The third-order valence-corrected chi connectivity index (χ3v) is 3.37. The zero-order valence-electron chi connectivity index (χ0n) is 10.1. The van der Waals surface area contributed by atoms with Crippen LogP contribution in [0.1, 0.15) is 31.2 Å². The van der Waals surface area contributed by atoms with E-state index in [1.807, 2.05) is 30.3 Å². The van der Waals surface area contributed by atoms with Gasteiger partial charge < -0.3 is 5.21 Å². The van der Waals surface area contributed by atoms with Crippen molar-refractivity contribution in [1.29, 1.82) is 0 Å². The fraction of sp³-hybridized carbons (Fsp3) is 0.462. The summed E-state index contributed by atoms with van der Waals surface area (Å²) in [5.41, 5.74) is 0.778. The molecule has 0 saturated heterocycles. The van der Waals surface area contributed by atoms with E-state index in [0.717, 1.165) is 23.1 Å². The van der Waals surface area contributed by atoms with Gasteiger partial charge in [-0.2, -0.15) is 0 Å². The molecule has 18 heavy (non-hydrogen) atoms. The first kappa shape index (κ1) is 12.5. The van der Waals surface area contributed by atoms with Gasteiger partial charge in [-0.1, -0.05) is 18.2 Å². The Morgan fingerprint density at radius 3 is 2.28 bits per heavy atom. The number of benzene rings is 1. The van der Waals surface area contributed by atoms with E-state index in [2.05, 4.69) is 0 Å². The highest BCUT2D eigenvalue weighted by molar-refractivity contribution is 5.75. The highest BCUT2D eigenvalue weighted by Crippen LogP contribution is 2.22. The number of nitro groups is 1. The summed E-state index contributed by atoms with van der Waals surface area (Å²) in [5, 5.41) is 23.0. The Morgan fingerprint density at radius 1 is 1.06 bits per heavy atom. The first-order valence-corrected chi connectivity index (χ1v) is 6.17. The molecule has 5 nitrogen and oxygen atoms in total. The lowest BCUT2D eigenvalue weighted by molar-refractivity contribution is -0.610. The number of nitrogens with zero attached hydrogens (tertiary/aromatic N) is 2. The topological polar surface area (TPSA) is 69.2 Å². The minimum atomic E-state index is -0.740. The molecule has 0 N–H and O–H groups in total. The van der Waals surface area contributed by atoms with Gasteiger partial charge in [0.25, 0.3) is 6.04 Å². The Morgan fingerprint density at radius 2 is 1.67 bits per heavy atom. The lowest BCUT2D eigenvalue weighted by Gasteiger charge is -2.24. The van der Waals surface area contributed by atoms with Gasteiger partial charge in [-0.25, -0.2) is 4.74 Å². The monoisotopic (exact) mass is 248 g/mol. The Balaban J connectivity index is 2.18. The minimum absolute atomic E-state index is 0.312. The van der Waals surface area contributed by atoms with E-state index in [4.69, 9.17) is 0 Å². The fourth-order valence-corrected chi connectivity index (χ4v) is 2.42. The van der Waals surface area contributed by atoms with Crippen LogP contribution in [-0.2, 0) is 0 Å². The molecular formula is C13H16N2O3. The van der Waals surface area contributed by atoms with Crippen LogP contribution in [0.4, 0.5) is 0 Å². The first-order chi connectivity index (χ1) is 8.68. The maximum absolute atomic E-state index is 12.0. The van der Waals surface area contributed by atoms with Crippen molar-refractivity contribution in [2.45, 2.75) is 37.8 Å². The van der Waals surface area contributed by atoms with Gasteiger partial charge in [0.05, 0.1) is 0 Å². The third-order valence-electron chi connectivity index (χ3n) is 3.37. The first-order valence-electron chi connectivity index (χ1n) is 6.17. The molecule has 1 aromatic carbocycles. The van der Waals surface area contributed by atoms with Crippen molar-refractivity contribution >= 4 is 6.21 Å². The van der Waals surface area contributed by atoms with Crippen LogP contribution >= 0.6 is 0 Å². The van der Waals surface area contributed by atoms with Crippen molar-refractivity contribution in [3.63, 3.8) is 0 Å². The Hall–Kier alpha value is -1.91. The average Bonchev–Trinajstić information content (AvgIpc) is 2.40. The summed E-state index contributed by atoms with van der Waals surface area (Å²) >= 11 is 0. The summed E-state index contributed by atoms with van der Waals surface area (Å²) in [5.74, 6) is 0. The largest absolute Gasteiger partial charge is 0.623 e. The molecule has 0 radical (unpaired) electrons. The van der Waals surface area contributed by atoms with Crippen molar-refractivity contribution in [2.24, 2.45) is 0 Å².